The first-order valence-corrected chi connectivity index (χ1v) is 5.63. The van der Waals surface area contributed by atoms with Gasteiger partial charge < -0.3 is 14.7 Å². The SMILES string of the molecule is CO[C@@H]1C(=O)N(Cc2ccccc2)[C@]1(C)C(=O)O. The average Bonchev–Trinajstić information content (AvgIpc) is 2.37. The van der Waals surface area contributed by atoms with Gasteiger partial charge in [-0.25, -0.2) is 4.79 Å². The normalized spacial score (nSPS) is 26.9. The van der Waals surface area contributed by atoms with Gasteiger partial charge in [-0.2, -0.15) is 0 Å². The number of methoxy groups -OCH3 is 1. The molecule has 96 valence electrons. The minimum absolute atomic E-state index is 0.280. The third kappa shape index (κ3) is 1.67. The molecule has 1 fully saturated rings. The molecule has 18 heavy (non-hydrogen) atoms. The highest BCUT2D eigenvalue weighted by Gasteiger charge is 2.62. The third-order valence-corrected chi connectivity index (χ3v) is 3.41. The van der Waals surface area contributed by atoms with Crippen LogP contribution in [0.3, 0.4) is 0 Å². The maximum absolute atomic E-state index is 11.9. The molecule has 1 aliphatic rings. The number of carbonyl (C=O) groups excluding carboxylic acids is 1. The number of hydrogen-bond acceptors (Lipinski definition) is 3. The number of nitrogens with zero attached hydrogens (tertiary/aromatic N) is 1. The molecule has 0 aromatic heterocycles. The van der Waals surface area contributed by atoms with Crippen molar-refractivity contribution in [3.8, 4) is 0 Å². The van der Waals surface area contributed by atoms with Gasteiger partial charge in [0.2, 0.25) is 0 Å². The Labute approximate surface area is 105 Å². The van der Waals surface area contributed by atoms with Gasteiger partial charge in [-0.3, -0.25) is 4.79 Å². The number of carboxylic acids is 1. The van der Waals surface area contributed by atoms with Gasteiger partial charge in [-0.05, 0) is 12.5 Å². The average molecular weight is 249 g/mol. The highest BCUT2D eigenvalue weighted by molar-refractivity contribution is 6.01. The molecule has 1 amide bonds. The van der Waals surface area contributed by atoms with Gasteiger partial charge in [0.15, 0.2) is 11.6 Å². The van der Waals surface area contributed by atoms with Crippen LogP contribution in [-0.4, -0.2) is 40.6 Å². The first kappa shape index (κ1) is 12.6. The summed E-state index contributed by atoms with van der Waals surface area (Å²) in [4.78, 5) is 24.5. The largest absolute Gasteiger partial charge is 0.479 e. The lowest BCUT2D eigenvalue weighted by molar-refractivity contribution is -0.201. The summed E-state index contributed by atoms with van der Waals surface area (Å²) in [6.07, 6.45) is -0.904. The van der Waals surface area contributed by atoms with Crippen molar-refractivity contribution in [2.75, 3.05) is 7.11 Å². The number of carboxylic acid groups (broad SMARTS) is 1. The summed E-state index contributed by atoms with van der Waals surface area (Å²) in [5.41, 5.74) is -0.394. The second kappa shape index (κ2) is 4.42. The zero-order chi connectivity index (χ0) is 13.3. The summed E-state index contributed by atoms with van der Waals surface area (Å²) in [5, 5.41) is 9.29. The minimum Gasteiger partial charge on any atom is -0.479 e. The molecule has 1 aromatic carbocycles. The van der Waals surface area contributed by atoms with Crippen molar-refractivity contribution in [1.29, 1.82) is 0 Å². The van der Waals surface area contributed by atoms with E-state index in [9.17, 15) is 14.7 Å². The number of amides is 1. The van der Waals surface area contributed by atoms with Crippen molar-refractivity contribution >= 4 is 11.9 Å². The first-order chi connectivity index (χ1) is 8.51. The Morgan fingerprint density at radius 3 is 2.56 bits per heavy atom. The Morgan fingerprint density at radius 1 is 1.44 bits per heavy atom. The van der Waals surface area contributed by atoms with E-state index in [0.717, 1.165) is 5.56 Å². The van der Waals surface area contributed by atoms with E-state index in [2.05, 4.69) is 0 Å². The first-order valence-electron chi connectivity index (χ1n) is 5.63. The molecule has 1 aromatic rings. The molecule has 0 aliphatic carbocycles. The standard InChI is InChI=1S/C13H15NO4/c1-13(12(16)17)10(18-2)11(15)14(13)8-9-6-4-3-5-7-9/h3-7,10H,8H2,1-2H3,(H,16,17)/t10-,13+/m1/s1. The third-order valence-electron chi connectivity index (χ3n) is 3.41. The van der Waals surface area contributed by atoms with Gasteiger partial charge in [0.1, 0.15) is 0 Å². The monoisotopic (exact) mass is 249 g/mol. The van der Waals surface area contributed by atoms with Crippen molar-refractivity contribution in [2.24, 2.45) is 0 Å². The second-order valence-corrected chi connectivity index (χ2v) is 4.48. The van der Waals surface area contributed by atoms with Gasteiger partial charge in [-0.1, -0.05) is 30.3 Å². The van der Waals surface area contributed by atoms with E-state index in [1.54, 1.807) is 0 Å². The predicted octanol–water partition coefficient (Wildman–Crippen LogP) is 0.887. The molecule has 1 N–H and O–H groups in total. The Morgan fingerprint density at radius 2 is 2.06 bits per heavy atom. The number of ether oxygens (including phenoxy) is 1. The number of β-lactam (4-membered cyclic amide) rings is 1. The van der Waals surface area contributed by atoms with Crippen LogP contribution in [0.2, 0.25) is 0 Å². The molecule has 0 bridgehead atoms. The molecule has 1 heterocycles. The smallest absolute Gasteiger partial charge is 0.332 e. The molecule has 0 saturated carbocycles. The van der Waals surface area contributed by atoms with E-state index < -0.39 is 17.6 Å². The van der Waals surface area contributed by atoms with Crippen LogP contribution in [0.5, 0.6) is 0 Å². The molecule has 0 radical (unpaired) electrons. The van der Waals surface area contributed by atoms with E-state index in [1.807, 2.05) is 30.3 Å². The molecule has 2 atom stereocenters. The van der Waals surface area contributed by atoms with Crippen molar-refractivity contribution in [1.82, 2.24) is 4.90 Å². The maximum atomic E-state index is 11.9. The van der Waals surface area contributed by atoms with E-state index >= 15 is 0 Å². The van der Waals surface area contributed by atoms with Gasteiger partial charge in [0.25, 0.3) is 5.91 Å². The topological polar surface area (TPSA) is 66.8 Å². The fraction of sp³-hybridized carbons (Fsp3) is 0.385. The van der Waals surface area contributed by atoms with E-state index in [0.29, 0.717) is 0 Å². The summed E-state index contributed by atoms with van der Waals surface area (Å²) in [6.45, 7) is 1.79. The fourth-order valence-electron chi connectivity index (χ4n) is 2.25. The van der Waals surface area contributed by atoms with Crippen molar-refractivity contribution in [2.45, 2.75) is 25.1 Å². The number of aliphatic carboxylic acids is 1. The van der Waals surface area contributed by atoms with E-state index in [-0.39, 0.29) is 12.5 Å². The quantitative estimate of drug-likeness (QED) is 0.805. The molecule has 1 saturated heterocycles. The zero-order valence-electron chi connectivity index (χ0n) is 10.3. The Kier molecular flexibility index (Phi) is 3.09. The Bertz CT molecular complexity index is 473. The lowest BCUT2D eigenvalue weighted by atomic mass is 9.82. The summed E-state index contributed by atoms with van der Waals surface area (Å²) < 4.78 is 4.97. The molecular weight excluding hydrogens is 234 g/mol. The Balaban J connectivity index is 2.23. The highest BCUT2D eigenvalue weighted by Crippen LogP contribution is 2.35. The number of likely N-dealkylation sites (tertiary alicyclic amines) is 1. The molecule has 0 spiro atoms. The summed E-state index contributed by atoms with van der Waals surface area (Å²) >= 11 is 0. The van der Waals surface area contributed by atoms with Gasteiger partial charge in [0, 0.05) is 13.7 Å². The van der Waals surface area contributed by atoms with E-state index in [4.69, 9.17) is 4.74 Å². The Hall–Kier alpha value is -1.88. The maximum Gasteiger partial charge on any atom is 0.332 e. The predicted molar refractivity (Wildman–Crippen MR) is 63.8 cm³/mol. The molecule has 1 aliphatic heterocycles. The number of hydrogen-bond donors (Lipinski definition) is 1. The van der Waals surface area contributed by atoms with Gasteiger partial charge >= 0.3 is 5.97 Å². The summed E-state index contributed by atoms with van der Waals surface area (Å²) in [6, 6.07) is 9.29. The van der Waals surface area contributed by atoms with Crippen LogP contribution < -0.4 is 0 Å². The summed E-state index contributed by atoms with van der Waals surface area (Å²) in [7, 11) is 1.35. The second-order valence-electron chi connectivity index (χ2n) is 4.48. The number of benzene rings is 1. The number of rotatable bonds is 4. The van der Waals surface area contributed by atoms with E-state index in [1.165, 1.54) is 18.9 Å². The molecule has 5 heteroatoms. The minimum atomic E-state index is -1.29. The molecule has 0 unspecified atom stereocenters. The van der Waals surface area contributed by atoms with Crippen LogP contribution in [0.1, 0.15) is 12.5 Å². The fourth-order valence-corrected chi connectivity index (χ4v) is 2.25. The van der Waals surface area contributed by atoms with Crippen LogP contribution in [0.25, 0.3) is 0 Å². The van der Waals surface area contributed by atoms with Crippen molar-refractivity contribution < 1.29 is 19.4 Å². The lowest BCUT2D eigenvalue weighted by Gasteiger charge is -2.51. The van der Waals surface area contributed by atoms with Gasteiger partial charge in [0.05, 0.1) is 0 Å². The zero-order valence-corrected chi connectivity index (χ0v) is 10.3. The molecule has 2 rings (SSSR count). The van der Waals surface area contributed by atoms with Crippen LogP contribution in [0.4, 0.5) is 0 Å². The molecule has 5 nitrogen and oxygen atoms in total. The highest BCUT2D eigenvalue weighted by atomic mass is 16.5. The van der Waals surface area contributed by atoms with Gasteiger partial charge in [-0.15, -0.1) is 0 Å². The van der Waals surface area contributed by atoms with Crippen LogP contribution >= 0.6 is 0 Å². The van der Waals surface area contributed by atoms with Crippen LogP contribution in [-0.2, 0) is 20.9 Å². The summed E-state index contributed by atoms with van der Waals surface area (Å²) in [5.74, 6) is -1.34. The lowest BCUT2D eigenvalue weighted by Crippen LogP contribution is -2.76. The van der Waals surface area contributed by atoms with Crippen molar-refractivity contribution in [3.05, 3.63) is 35.9 Å². The number of carbonyl (C=O) groups is 2. The molecular formula is C13H15NO4. The van der Waals surface area contributed by atoms with Crippen LogP contribution in [0, 0.1) is 0 Å². The van der Waals surface area contributed by atoms with Crippen LogP contribution in [0.15, 0.2) is 30.3 Å². The van der Waals surface area contributed by atoms with Crippen molar-refractivity contribution in [3.63, 3.8) is 0 Å².